The highest BCUT2D eigenvalue weighted by molar-refractivity contribution is 8.22. The van der Waals surface area contributed by atoms with Gasteiger partial charge in [0.1, 0.15) is 0 Å². The van der Waals surface area contributed by atoms with Crippen molar-refractivity contribution in [2.45, 2.75) is 50.7 Å². The summed E-state index contributed by atoms with van der Waals surface area (Å²) in [4.78, 5) is 2.79. The van der Waals surface area contributed by atoms with Gasteiger partial charge in [-0.25, -0.2) is 0 Å². The standard InChI is InChI=1S/C18H23NS2/c1-2-5-14(6-3-1)13-19-16-7-8-17(19)12-15(11-16)18-20-9-4-10-21-18/h1-3,5-6,16-17H,4,7-13H2. The minimum atomic E-state index is 0.801. The molecule has 0 N–H and O–H groups in total. The van der Waals surface area contributed by atoms with Crippen molar-refractivity contribution in [3.63, 3.8) is 0 Å². The van der Waals surface area contributed by atoms with Gasteiger partial charge < -0.3 is 0 Å². The van der Waals surface area contributed by atoms with Crippen LogP contribution >= 0.6 is 23.5 Å². The predicted octanol–water partition coefficient (Wildman–Crippen LogP) is 4.90. The number of nitrogens with zero attached hydrogens (tertiary/aromatic N) is 1. The van der Waals surface area contributed by atoms with Crippen LogP contribution < -0.4 is 0 Å². The van der Waals surface area contributed by atoms with E-state index in [1.807, 2.05) is 0 Å². The topological polar surface area (TPSA) is 3.24 Å². The first-order valence-corrected chi connectivity index (χ1v) is 10.1. The van der Waals surface area contributed by atoms with E-state index < -0.39 is 0 Å². The second kappa shape index (κ2) is 6.39. The summed E-state index contributed by atoms with van der Waals surface area (Å²) in [5, 5.41) is 0. The van der Waals surface area contributed by atoms with Gasteiger partial charge in [-0.05, 0) is 54.7 Å². The number of rotatable bonds is 2. The molecule has 0 aliphatic carbocycles. The Morgan fingerprint density at radius 1 is 0.952 bits per heavy atom. The van der Waals surface area contributed by atoms with Gasteiger partial charge in [0.05, 0.1) is 0 Å². The SMILES string of the molecule is c1ccc(CN2C3CCC2CC(=C2SCCCS2)C3)cc1. The summed E-state index contributed by atoms with van der Waals surface area (Å²) < 4.78 is 1.69. The Morgan fingerprint density at radius 2 is 1.62 bits per heavy atom. The molecule has 21 heavy (non-hydrogen) atoms. The van der Waals surface area contributed by atoms with Crippen LogP contribution in [0, 0.1) is 0 Å². The molecule has 0 spiro atoms. The van der Waals surface area contributed by atoms with Crippen molar-refractivity contribution in [2.24, 2.45) is 0 Å². The van der Waals surface area contributed by atoms with Crippen LogP contribution in [0.1, 0.15) is 37.7 Å². The first-order chi connectivity index (χ1) is 10.4. The summed E-state index contributed by atoms with van der Waals surface area (Å²) in [7, 11) is 0. The fraction of sp³-hybridized carbons (Fsp3) is 0.556. The van der Waals surface area contributed by atoms with E-state index in [-0.39, 0.29) is 0 Å². The van der Waals surface area contributed by atoms with E-state index in [9.17, 15) is 0 Å². The lowest BCUT2D eigenvalue weighted by Crippen LogP contribution is -2.40. The zero-order valence-electron chi connectivity index (χ0n) is 12.5. The molecule has 3 aliphatic heterocycles. The van der Waals surface area contributed by atoms with Crippen LogP contribution in [-0.2, 0) is 6.54 Å². The molecule has 3 heteroatoms. The lowest BCUT2D eigenvalue weighted by molar-refractivity contribution is 0.157. The van der Waals surface area contributed by atoms with Crippen LogP contribution in [0.25, 0.3) is 0 Å². The van der Waals surface area contributed by atoms with Crippen LogP contribution in [0.2, 0.25) is 0 Å². The van der Waals surface area contributed by atoms with Crippen molar-refractivity contribution in [3.05, 3.63) is 45.7 Å². The van der Waals surface area contributed by atoms with Crippen molar-refractivity contribution >= 4 is 23.5 Å². The van der Waals surface area contributed by atoms with E-state index >= 15 is 0 Å². The molecule has 2 atom stereocenters. The summed E-state index contributed by atoms with van der Waals surface area (Å²) in [6.45, 7) is 1.15. The lowest BCUT2D eigenvalue weighted by atomic mass is 9.97. The molecule has 2 bridgehead atoms. The number of hydrogen-bond donors (Lipinski definition) is 0. The molecule has 2 unspecified atom stereocenters. The molecule has 4 rings (SSSR count). The molecule has 3 saturated heterocycles. The van der Waals surface area contributed by atoms with Crippen LogP contribution in [0.15, 0.2) is 40.1 Å². The molecular formula is C18H23NS2. The number of piperidine rings is 1. The molecule has 3 aliphatic rings. The monoisotopic (exact) mass is 317 g/mol. The maximum absolute atomic E-state index is 2.79. The zero-order chi connectivity index (χ0) is 14.1. The molecule has 3 fully saturated rings. The normalized spacial score (nSPS) is 29.9. The highest BCUT2D eigenvalue weighted by Crippen LogP contribution is 2.46. The van der Waals surface area contributed by atoms with Gasteiger partial charge in [-0.2, -0.15) is 0 Å². The third kappa shape index (κ3) is 3.06. The molecule has 0 saturated carbocycles. The van der Waals surface area contributed by atoms with E-state index in [4.69, 9.17) is 0 Å². The first kappa shape index (κ1) is 14.2. The van der Waals surface area contributed by atoms with Gasteiger partial charge in [0.15, 0.2) is 0 Å². The second-order valence-electron chi connectivity index (χ2n) is 6.39. The van der Waals surface area contributed by atoms with Crippen LogP contribution in [0.5, 0.6) is 0 Å². The Hall–Kier alpha value is -0.380. The molecule has 1 aromatic carbocycles. The predicted molar refractivity (Wildman–Crippen MR) is 94.6 cm³/mol. The Kier molecular flexibility index (Phi) is 4.33. The smallest absolute Gasteiger partial charge is 0.0394 e. The lowest BCUT2D eigenvalue weighted by Gasteiger charge is -2.37. The van der Waals surface area contributed by atoms with Gasteiger partial charge in [0, 0.05) is 22.9 Å². The van der Waals surface area contributed by atoms with Gasteiger partial charge in [-0.15, -0.1) is 23.5 Å². The van der Waals surface area contributed by atoms with Crippen molar-refractivity contribution in [1.29, 1.82) is 0 Å². The number of benzene rings is 1. The van der Waals surface area contributed by atoms with Crippen molar-refractivity contribution in [1.82, 2.24) is 4.90 Å². The van der Waals surface area contributed by atoms with E-state index in [1.165, 1.54) is 49.2 Å². The fourth-order valence-corrected chi connectivity index (χ4v) is 6.66. The van der Waals surface area contributed by atoms with Gasteiger partial charge in [-0.3, -0.25) is 4.90 Å². The summed E-state index contributed by atoms with van der Waals surface area (Å²) in [6.07, 6.45) is 6.86. The van der Waals surface area contributed by atoms with Crippen LogP contribution in [0.3, 0.4) is 0 Å². The number of thioether (sulfide) groups is 2. The molecule has 0 radical (unpaired) electrons. The van der Waals surface area contributed by atoms with Gasteiger partial charge in [0.2, 0.25) is 0 Å². The van der Waals surface area contributed by atoms with Crippen molar-refractivity contribution in [3.8, 4) is 0 Å². The highest BCUT2D eigenvalue weighted by atomic mass is 32.2. The summed E-state index contributed by atoms with van der Waals surface area (Å²) in [6, 6.07) is 12.6. The third-order valence-electron chi connectivity index (χ3n) is 4.99. The Balaban J connectivity index is 1.49. The Morgan fingerprint density at radius 3 is 2.29 bits per heavy atom. The summed E-state index contributed by atoms with van der Waals surface area (Å²) in [5.41, 5.74) is 3.27. The maximum Gasteiger partial charge on any atom is 0.0394 e. The highest BCUT2D eigenvalue weighted by Gasteiger charge is 2.39. The third-order valence-corrected chi connectivity index (χ3v) is 7.78. The molecular weight excluding hydrogens is 294 g/mol. The van der Waals surface area contributed by atoms with Crippen molar-refractivity contribution < 1.29 is 0 Å². The number of hydrogen-bond acceptors (Lipinski definition) is 3. The van der Waals surface area contributed by atoms with E-state index in [2.05, 4.69) is 58.8 Å². The minimum Gasteiger partial charge on any atom is -0.293 e. The van der Waals surface area contributed by atoms with E-state index in [0.717, 1.165) is 18.6 Å². The largest absolute Gasteiger partial charge is 0.293 e. The van der Waals surface area contributed by atoms with Crippen LogP contribution in [-0.4, -0.2) is 28.5 Å². The quantitative estimate of drug-likeness (QED) is 0.764. The number of fused-ring (bicyclic) bond motifs is 2. The average Bonchev–Trinajstić information content (AvgIpc) is 2.78. The van der Waals surface area contributed by atoms with Crippen LogP contribution in [0.4, 0.5) is 0 Å². The fourth-order valence-electron chi connectivity index (χ4n) is 3.96. The van der Waals surface area contributed by atoms with E-state index in [0.29, 0.717) is 0 Å². The molecule has 3 heterocycles. The molecule has 112 valence electrons. The first-order valence-electron chi connectivity index (χ1n) is 8.17. The molecule has 0 aromatic heterocycles. The minimum absolute atomic E-state index is 0.801. The Labute approximate surface area is 136 Å². The molecule has 1 aromatic rings. The van der Waals surface area contributed by atoms with Gasteiger partial charge >= 0.3 is 0 Å². The second-order valence-corrected chi connectivity index (χ2v) is 8.86. The average molecular weight is 318 g/mol. The Bertz CT molecular complexity index is 501. The summed E-state index contributed by atoms with van der Waals surface area (Å²) >= 11 is 4.26. The van der Waals surface area contributed by atoms with Crippen molar-refractivity contribution in [2.75, 3.05) is 11.5 Å². The van der Waals surface area contributed by atoms with E-state index in [1.54, 1.807) is 9.81 Å². The van der Waals surface area contributed by atoms with Gasteiger partial charge in [-0.1, -0.05) is 30.3 Å². The summed E-state index contributed by atoms with van der Waals surface area (Å²) in [5.74, 6) is 2.68. The van der Waals surface area contributed by atoms with Gasteiger partial charge in [0.25, 0.3) is 0 Å². The molecule has 1 nitrogen and oxygen atoms in total. The zero-order valence-corrected chi connectivity index (χ0v) is 14.1. The maximum atomic E-state index is 2.79. The molecule has 0 amide bonds.